The molecular formula is C17H23FN2O. The van der Waals surface area contributed by atoms with E-state index in [0.717, 1.165) is 12.0 Å². The minimum Gasteiger partial charge on any atom is -0.355 e. The fraction of sp³-hybridized carbons (Fsp3) is 0.471. The monoisotopic (exact) mass is 290 g/mol. The van der Waals surface area contributed by atoms with E-state index in [1.165, 1.54) is 43.4 Å². The van der Waals surface area contributed by atoms with Crippen LogP contribution < -0.4 is 10.6 Å². The molecule has 0 bridgehead atoms. The highest BCUT2D eigenvalue weighted by molar-refractivity contribution is 5.77. The molecule has 0 fully saturated rings. The van der Waals surface area contributed by atoms with Gasteiger partial charge in [-0.2, -0.15) is 0 Å². The van der Waals surface area contributed by atoms with Crippen molar-refractivity contribution in [3.8, 4) is 0 Å². The molecule has 21 heavy (non-hydrogen) atoms. The van der Waals surface area contributed by atoms with Gasteiger partial charge in [0.05, 0.1) is 6.54 Å². The van der Waals surface area contributed by atoms with E-state index < -0.39 is 0 Å². The second kappa shape index (κ2) is 8.57. The van der Waals surface area contributed by atoms with Crippen molar-refractivity contribution in [2.45, 2.75) is 38.6 Å². The van der Waals surface area contributed by atoms with Crippen LogP contribution in [0.4, 0.5) is 4.39 Å². The third-order valence-corrected chi connectivity index (χ3v) is 3.68. The lowest BCUT2D eigenvalue weighted by Crippen LogP contribution is -2.34. The van der Waals surface area contributed by atoms with Crippen LogP contribution in [0.5, 0.6) is 0 Å². The van der Waals surface area contributed by atoms with E-state index in [-0.39, 0.29) is 18.3 Å². The molecular weight excluding hydrogens is 267 g/mol. The summed E-state index contributed by atoms with van der Waals surface area (Å²) in [6, 6.07) is 6.29. The standard InChI is InChI=1S/C17H23FN2O/c18-16-8-6-15(7-9-16)12-19-13-17(21)20-11-10-14-4-2-1-3-5-14/h4,6-9,19H,1-3,5,10-13H2,(H,20,21). The van der Waals surface area contributed by atoms with Crippen LogP contribution >= 0.6 is 0 Å². The van der Waals surface area contributed by atoms with Crippen molar-refractivity contribution in [2.75, 3.05) is 13.1 Å². The summed E-state index contributed by atoms with van der Waals surface area (Å²) in [5.74, 6) is -0.234. The highest BCUT2D eigenvalue weighted by atomic mass is 19.1. The first-order valence-corrected chi connectivity index (χ1v) is 7.64. The Morgan fingerprint density at radius 2 is 2.00 bits per heavy atom. The summed E-state index contributed by atoms with van der Waals surface area (Å²) in [6.07, 6.45) is 8.20. The Kier molecular flexibility index (Phi) is 6.41. The molecule has 1 aliphatic carbocycles. The minimum absolute atomic E-state index is 0.00789. The molecule has 0 aliphatic heterocycles. The number of carbonyl (C=O) groups excluding carboxylic acids is 1. The zero-order valence-corrected chi connectivity index (χ0v) is 12.3. The lowest BCUT2D eigenvalue weighted by atomic mass is 9.97. The summed E-state index contributed by atoms with van der Waals surface area (Å²) in [7, 11) is 0. The van der Waals surface area contributed by atoms with Gasteiger partial charge in [0.1, 0.15) is 5.82 Å². The highest BCUT2D eigenvalue weighted by Gasteiger charge is 2.05. The Morgan fingerprint density at radius 1 is 1.19 bits per heavy atom. The first-order valence-electron chi connectivity index (χ1n) is 7.64. The maximum Gasteiger partial charge on any atom is 0.233 e. The van der Waals surface area contributed by atoms with Gasteiger partial charge in [0.15, 0.2) is 0 Å². The van der Waals surface area contributed by atoms with Crippen LogP contribution in [-0.2, 0) is 11.3 Å². The van der Waals surface area contributed by atoms with E-state index in [2.05, 4.69) is 16.7 Å². The molecule has 0 radical (unpaired) electrons. The van der Waals surface area contributed by atoms with Gasteiger partial charge >= 0.3 is 0 Å². The van der Waals surface area contributed by atoms with Gasteiger partial charge in [-0.05, 0) is 49.8 Å². The number of benzene rings is 1. The number of carbonyl (C=O) groups is 1. The zero-order chi connectivity index (χ0) is 14.9. The third kappa shape index (κ3) is 6.08. The van der Waals surface area contributed by atoms with Gasteiger partial charge in [0.25, 0.3) is 0 Å². The van der Waals surface area contributed by atoms with Gasteiger partial charge in [-0.1, -0.05) is 23.8 Å². The van der Waals surface area contributed by atoms with Crippen LogP contribution in [0.25, 0.3) is 0 Å². The number of hydrogen-bond donors (Lipinski definition) is 2. The van der Waals surface area contributed by atoms with Crippen molar-refractivity contribution in [1.82, 2.24) is 10.6 Å². The molecule has 3 nitrogen and oxygen atoms in total. The van der Waals surface area contributed by atoms with E-state index in [4.69, 9.17) is 0 Å². The first kappa shape index (κ1) is 15.7. The molecule has 1 aromatic carbocycles. The lowest BCUT2D eigenvalue weighted by molar-refractivity contribution is -0.120. The predicted molar refractivity (Wildman–Crippen MR) is 82.3 cm³/mol. The molecule has 0 unspecified atom stereocenters. The quantitative estimate of drug-likeness (QED) is 0.758. The Morgan fingerprint density at radius 3 is 2.71 bits per heavy atom. The van der Waals surface area contributed by atoms with E-state index >= 15 is 0 Å². The summed E-state index contributed by atoms with van der Waals surface area (Å²) in [5, 5.41) is 5.98. The molecule has 1 aliphatic rings. The van der Waals surface area contributed by atoms with E-state index in [1.807, 2.05) is 0 Å². The zero-order valence-electron chi connectivity index (χ0n) is 12.3. The van der Waals surface area contributed by atoms with Crippen molar-refractivity contribution < 1.29 is 9.18 Å². The van der Waals surface area contributed by atoms with Crippen LogP contribution in [0.15, 0.2) is 35.9 Å². The summed E-state index contributed by atoms with van der Waals surface area (Å²) < 4.78 is 12.7. The number of halogens is 1. The second-order valence-electron chi connectivity index (χ2n) is 5.44. The normalized spacial score (nSPS) is 14.6. The van der Waals surface area contributed by atoms with Gasteiger partial charge in [0, 0.05) is 13.1 Å². The smallest absolute Gasteiger partial charge is 0.233 e. The fourth-order valence-electron chi connectivity index (χ4n) is 2.48. The Balaban J connectivity index is 1.57. The highest BCUT2D eigenvalue weighted by Crippen LogP contribution is 2.19. The Bertz CT molecular complexity index is 482. The van der Waals surface area contributed by atoms with Crippen LogP contribution in [0.2, 0.25) is 0 Å². The molecule has 0 atom stereocenters. The summed E-state index contributed by atoms with van der Waals surface area (Å²) in [5.41, 5.74) is 2.44. The number of amides is 1. The van der Waals surface area contributed by atoms with E-state index in [0.29, 0.717) is 13.1 Å². The van der Waals surface area contributed by atoms with E-state index in [1.54, 1.807) is 12.1 Å². The number of allylic oxidation sites excluding steroid dienone is 1. The van der Waals surface area contributed by atoms with Crippen molar-refractivity contribution in [1.29, 1.82) is 0 Å². The molecule has 0 saturated carbocycles. The molecule has 4 heteroatoms. The van der Waals surface area contributed by atoms with Gasteiger partial charge in [0.2, 0.25) is 5.91 Å². The Labute approximate surface area is 125 Å². The molecule has 114 valence electrons. The molecule has 1 aromatic rings. The van der Waals surface area contributed by atoms with Gasteiger partial charge in [-0.15, -0.1) is 0 Å². The van der Waals surface area contributed by atoms with Gasteiger partial charge < -0.3 is 10.6 Å². The average Bonchev–Trinajstić information content (AvgIpc) is 2.50. The summed E-state index contributed by atoms with van der Waals surface area (Å²) >= 11 is 0. The maximum atomic E-state index is 12.7. The summed E-state index contributed by atoms with van der Waals surface area (Å²) in [4.78, 5) is 11.7. The van der Waals surface area contributed by atoms with Crippen molar-refractivity contribution >= 4 is 5.91 Å². The number of rotatable bonds is 7. The average molecular weight is 290 g/mol. The molecule has 2 N–H and O–H groups in total. The van der Waals surface area contributed by atoms with Crippen molar-refractivity contribution in [3.05, 3.63) is 47.3 Å². The first-order chi connectivity index (χ1) is 10.2. The lowest BCUT2D eigenvalue weighted by Gasteiger charge is -2.13. The molecule has 0 heterocycles. The fourth-order valence-corrected chi connectivity index (χ4v) is 2.48. The molecule has 0 spiro atoms. The van der Waals surface area contributed by atoms with Crippen molar-refractivity contribution in [2.24, 2.45) is 0 Å². The molecule has 0 saturated heterocycles. The minimum atomic E-state index is -0.242. The van der Waals surface area contributed by atoms with Gasteiger partial charge in [-0.3, -0.25) is 4.79 Å². The summed E-state index contributed by atoms with van der Waals surface area (Å²) in [6.45, 7) is 1.57. The second-order valence-corrected chi connectivity index (χ2v) is 5.44. The largest absolute Gasteiger partial charge is 0.355 e. The number of hydrogen-bond acceptors (Lipinski definition) is 2. The SMILES string of the molecule is O=C(CNCc1ccc(F)cc1)NCCC1=CCCCC1. The molecule has 2 rings (SSSR count). The molecule has 1 amide bonds. The van der Waals surface area contributed by atoms with Crippen LogP contribution in [0.3, 0.4) is 0 Å². The van der Waals surface area contributed by atoms with E-state index in [9.17, 15) is 9.18 Å². The van der Waals surface area contributed by atoms with Crippen LogP contribution in [0.1, 0.15) is 37.7 Å². The predicted octanol–water partition coefficient (Wildman–Crippen LogP) is 2.92. The van der Waals surface area contributed by atoms with Crippen LogP contribution in [-0.4, -0.2) is 19.0 Å². The number of nitrogens with one attached hydrogen (secondary N) is 2. The van der Waals surface area contributed by atoms with Crippen LogP contribution in [0, 0.1) is 5.82 Å². The van der Waals surface area contributed by atoms with Crippen molar-refractivity contribution in [3.63, 3.8) is 0 Å². The Hall–Kier alpha value is -1.68. The van der Waals surface area contributed by atoms with Gasteiger partial charge in [-0.25, -0.2) is 4.39 Å². The maximum absolute atomic E-state index is 12.7. The third-order valence-electron chi connectivity index (χ3n) is 3.68. The molecule has 0 aromatic heterocycles. The topological polar surface area (TPSA) is 41.1 Å².